The van der Waals surface area contributed by atoms with E-state index in [4.69, 9.17) is 0 Å². The highest BCUT2D eigenvalue weighted by atomic mass is 16.4. The number of hydrogen-bond acceptors (Lipinski definition) is 1. The summed E-state index contributed by atoms with van der Waals surface area (Å²) in [5, 5.41) is 10.6. The summed E-state index contributed by atoms with van der Waals surface area (Å²) in [6, 6.07) is 8.75. The molecule has 1 aromatic carbocycles. The maximum absolute atomic E-state index is 11.4. The predicted molar refractivity (Wildman–Crippen MR) is 80.1 cm³/mol. The number of rotatable bonds is 3. The highest BCUT2D eigenvalue weighted by Gasteiger charge is 2.30. The van der Waals surface area contributed by atoms with Crippen LogP contribution in [0.4, 0.5) is 0 Å². The van der Waals surface area contributed by atoms with Gasteiger partial charge >= 0.3 is 5.97 Å². The zero-order valence-corrected chi connectivity index (χ0v) is 12.1. The summed E-state index contributed by atoms with van der Waals surface area (Å²) in [4.78, 5) is 11.4. The molecular weight excluding hydrogens is 250 g/mol. The molecule has 1 fully saturated rings. The molecule has 0 amide bonds. The molecule has 1 N–H and O–H groups in total. The largest absolute Gasteiger partial charge is 0.481 e. The van der Waals surface area contributed by atoms with E-state index in [2.05, 4.69) is 22.9 Å². The van der Waals surface area contributed by atoms with E-state index in [0.29, 0.717) is 6.04 Å². The minimum atomic E-state index is -0.848. The molecule has 1 heterocycles. The number of hydrogen-bond donors (Lipinski definition) is 1. The fourth-order valence-electron chi connectivity index (χ4n) is 3.16. The third-order valence-electron chi connectivity index (χ3n) is 4.70. The quantitative estimate of drug-likeness (QED) is 0.912. The van der Waals surface area contributed by atoms with Gasteiger partial charge in [0.2, 0.25) is 0 Å². The smallest absolute Gasteiger partial charge is 0.313 e. The van der Waals surface area contributed by atoms with Crippen molar-refractivity contribution in [2.24, 2.45) is 0 Å². The van der Waals surface area contributed by atoms with Crippen molar-refractivity contribution in [1.29, 1.82) is 0 Å². The Labute approximate surface area is 119 Å². The molecule has 0 saturated heterocycles. The van der Waals surface area contributed by atoms with E-state index in [1.165, 1.54) is 36.6 Å². The molecule has 0 atom stereocenters. The van der Waals surface area contributed by atoms with Crippen molar-refractivity contribution in [1.82, 2.24) is 4.57 Å². The monoisotopic (exact) mass is 271 g/mol. The lowest BCUT2D eigenvalue weighted by molar-refractivity contribution is -0.142. The molecule has 106 valence electrons. The molecular formula is C17H21NO2. The van der Waals surface area contributed by atoms with Crippen molar-refractivity contribution in [3.63, 3.8) is 0 Å². The zero-order chi connectivity index (χ0) is 14.3. The second kappa shape index (κ2) is 4.65. The average Bonchev–Trinajstić information content (AvgIpc) is 3.06. The molecule has 0 aliphatic heterocycles. The van der Waals surface area contributed by atoms with Crippen LogP contribution in [0.25, 0.3) is 10.9 Å². The van der Waals surface area contributed by atoms with Crippen LogP contribution in [-0.4, -0.2) is 15.6 Å². The van der Waals surface area contributed by atoms with Gasteiger partial charge in [0.05, 0.1) is 5.41 Å². The van der Waals surface area contributed by atoms with Crippen LogP contribution in [0.5, 0.6) is 0 Å². The van der Waals surface area contributed by atoms with Gasteiger partial charge in [-0.15, -0.1) is 0 Å². The first-order chi connectivity index (χ1) is 9.50. The van der Waals surface area contributed by atoms with E-state index >= 15 is 0 Å². The molecule has 0 bridgehead atoms. The van der Waals surface area contributed by atoms with Crippen LogP contribution in [0.1, 0.15) is 51.1 Å². The van der Waals surface area contributed by atoms with Gasteiger partial charge < -0.3 is 9.67 Å². The normalized spacial score (nSPS) is 16.9. The van der Waals surface area contributed by atoms with Gasteiger partial charge in [0.25, 0.3) is 0 Å². The Bertz CT molecular complexity index is 648. The van der Waals surface area contributed by atoms with Crippen molar-refractivity contribution in [2.45, 2.75) is 51.0 Å². The number of fused-ring (bicyclic) bond motifs is 1. The lowest BCUT2D eigenvalue weighted by Crippen LogP contribution is -2.28. The summed E-state index contributed by atoms with van der Waals surface area (Å²) in [5.74, 6) is -0.782. The fourth-order valence-corrected chi connectivity index (χ4v) is 3.16. The first kappa shape index (κ1) is 13.2. The predicted octanol–water partition coefficient (Wildman–Crippen LogP) is 4.12. The van der Waals surface area contributed by atoms with Crippen molar-refractivity contribution in [2.75, 3.05) is 0 Å². The lowest BCUT2D eigenvalue weighted by atomic mass is 9.84. The van der Waals surface area contributed by atoms with Gasteiger partial charge in [-0.05, 0) is 49.8 Å². The second-order valence-corrected chi connectivity index (χ2v) is 6.37. The van der Waals surface area contributed by atoms with Crippen molar-refractivity contribution < 1.29 is 9.90 Å². The van der Waals surface area contributed by atoms with Crippen molar-refractivity contribution in [3.8, 4) is 0 Å². The van der Waals surface area contributed by atoms with Gasteiger partial charge in [-0.2, -0.15) is 0 Å². The maximum atomic E-state index is 11.4. The van der Waals surface area contributed by atoms with Crippen LogP contribution in [-0.2, 0) is 10.2 Å². The molecule has 20 heavy (non-hydrogen) atoms. The maximum Gasteiger partial charge on any atom is 0.313 e. The zero-order valence-electron chi connectivity index (χ0n) is 12.1. The summed E-state index contributed by atoms with van der Waals surface area (Å²) >= 11 is 0. The van der Waals surface area contributed by atoms with Gasteiger partial charge in [-0.1, -0.05) is 25.0 Å². The van der Waals surface area contributed by atoms with E-state index in [1.807, 2.05) is 12.1 Å². The average molecular weight is 271 g/mol. The Hall–Kier alpha value is -1.77. The number of carboxylic acids is 1. The highest BCUT2D eigenvalue weighted by molar-refractivity contribution is 5.85. The molecule has 2 aromatic rings. The third-order valence-corrected chi connectivity index (χ3v) is 4.70. The fraction of sp³-hybridized carbons (Fsp3) is 0.471. The summed E-state index contributed by atoms with van der Waals surface area (Å²) in [7, 11) is 0. The number of nitrogens with zero attached hydrogens (tertiary/aromatic N) is 1. The van der Waals surface area contributed by atoms with Crippen molar-refractivity contribution in [3.05, 3.63) is 36.0 Å². The van der Waals surface area contributed by atoms with Crippen LogP contribution in [0.15, 0.2) is 30.5 Å². The van der Waals surface area contributed by atoms with Crippen LogP contribution in [0.2, 0.25) is 0 Å². The Morgan fingerprint density at radius 1 is 1.25 bits per heavy atom. The van der Waals surface area contributed by atoms with E-state index in [1.54, 1.807) is 13.8 Å². The standard InChI is InChI=1S/C17H21NO2/c1-17(2,16(19)20)13-8-7-12-9-10-18(15(12)11-13)14-5-3-4-6-14/h7-11,14H,3-6H2,1-2H3,(H,19,20). The molecule has 1 saturated carbocycles. The first-order valence-corrected chi connectivity index (χ1v) is 7.34. The molecule has 1 aliphatic carbocycles. The van der Waals surface area contributed by atoms with E-state index < -0.39 is 11.4 Å². The first-order valence-electron chi connectivity index (χ1n) is 7.34. The molecule has 0 unspecified atom stereocenters. The van der Waals surface area contributed by atoms with Crippen LogP contribution in [0, 0.1) is 0 Å². The molecule has 3 rings (SSSR count). The van der Waals surface area contributed by atoms with Gasteiger partial charge in [0, 0.05) is 17.8 Å². The van der Waals surface area contributed by atoms with Gasteiger partial charge in [-0.25, -0.2) is 0 Å². The Morgan fingerprint density at radius 3 is 2.60 bits per heavy atom. The minimum Gasteiger partial charge on any atom is -0.481 e. The number of aliphatic carboxylic acids is 1. The lowest BCUT2D eigenvalue weighted by Gasteiger charge is -2.21. The highest BCUT2D eigenvalue weighted by Crippen LogP contribution is 2.34. The number of carbonyl (C=O) groups is 1. The van der Waals surface area contributed by atoms with Crippen molar-refractivity contribution >= 4 is 16.9 Å². The summed E-state index contributed by atoms with van der Waals surface area (Å²) in [5.41, 5.74) is 1.19. The molecule has 1 aromatic heterocycles. The van der Waals surface area contributed by atoms with Gasteiger partial charge in [-0.3, -0.25) is 4.79 Å². The van der Waals surface area contributed by atoms with Gasteiger partial charge in [0.1, 0.15) is 0 Å². The Morgan fingerprint density at radius 2 is 1.95 bits per heavy atom. The van der Waals surface area contributed by atoms with E-state index in [-0.39, 0.29) is 0 Å². The Balaban J connectivity index is 2.09. The molecule has 3 nitrogen and oxygen atoms in total. The summed E-state index contributed by atoms with van der Waals surface area (Å²) < 4.78 is 2.34. The molecule has 0 radical (unpaired) electrons. The van der Waals surface area contributed by atoms with Crippen LogP contribution < -0.4 is 0 Å². The number of aromatic nitrogens is 1. The second-order valence-electron chi connectivity index (χ2n) is 6.37. The summed E-state index contributed by atoms with van der Waals surface area (Å²) in [6.45, 7) is 3.53. The number of carboxylic acid groups (broad SMARTS) is 1. The molecule has 3 heteroatoms. The molecule has 1 aliphatic rings. The topological polar surface area (TPSA) is 42.2 Å². The van der Waals surface area contributed by atoms with Gasteiger partial charge in [0.15, 0.2) is 0 Å². The SMILES string of the molecule is CC(C)(C(=O)O)c1ccc2ccn(C3CCCC3)c2c1. The van der Waals surface area contributed by atoms with Crippen LogP contribution in [0.3, 0.4) is 0 Å². The molecule has 0 spiro atoms. The van der Waals surface area contributed by atoms with E-state index in [0.717, 1.165) is 5.56 Å². The summed E-state index contributed by atoms with van der Waals surface area (Å²) in [6.07, 6.45) is 7.21. The Kier molecular flexibility index (Phi) is 3.08. The van der Waals surface area contributed by atoms with E-state index in [9.17, 15) is 9.90 Å². The number of benzene rings is 1. The minimum absolute atomic E-state index is 0.579. The van der Waals surface area contributed by atoms with Crippen LogP contribution >= 0.6 is 0 Å². The third kappa shape index (κ3) is 2.01.